The lowest BCUT2D eigenvalue weighted by molar-refractivity contribution is 0.0463. The Morgan fingerprint density at radius 1 is 1.24 bits per heavy atom. The van der Waals surface area contributed by atoms with Gasteiger partial charge >= 0.3 is 0 Å². The number of hydrogen-bond acceptors (Lipinski definition) is 6. The number of carbonyl (C=O) groups is 1. The van der Waals surface area contributed by atoms with E-state index >= 15 is 0 Å². The predicted octanol–water partition coefficient (Wildman–Crippen LogP) is 4.55. The van der Waals surface area contributed by atoms with Crippen LogP contribution in [0.4, 0.5) is 0 Å². The van der Waals surface area contributed by atoms with Crippen molar-refractivity contribution in [2.75, 3.05) is 19.7 Å². The van der Waals surface area contributed by atoms with Crippen molar-refractivity contribution in [3.63, 3.8) is 0 Å². The van der Waals surface area contributed by atoms with Gasteiger partial charge in [-0.05, 0) is 60.8 Å². The standard InChI is InChI=1S/C26H35N3O3S/c1-18(17-32-23-4-2-3-5-23)28-16-20-8-6-19(7-9-20)14-27-15-21-10-11-22-13-25(26(30)29-31)33-24(22)12-21/h6,8-13,18-19,23,27-28,31H,2-5,7,14-17H2,1H3,(H,29,30)/t18-,19?/m0/s1. The molecule has 1 saturated carbocycles. The first kappa shape index (κ1) is 24.1. The van der Waals surface area contributed by atoms with Crippen LogP contribution in [0.1, 0.15) is 54.3 Å². The van der Waals surface area contributed by atoms with E-state index in [1.54, 1.807) is 11.5 Å². The molecular formula is C26H35N3O3S. The van der Waals surface area contributed by atoms with E-state index in [1.165, 1.54) is 48.2 Å². The van der Waals surface area contributed by atoms with Gasteiger partial charge in [0.15, 0.2) is 0 Å². The molecule has 0 aliphatic heterocycles. The maximum absolute atomic E-state index is 11.6. The minimum Gasteiger partial charge on any atom is -0.377 e. The van der Waals surface area contributed by atoms with Gasteiger partial charge in [0, 0.05) is 30.4 Å². The Labute approximate surface area is 200 Å². The molecule has 4 N–H and O–H groups in total. The molecule has 1 fully saturated rings. The molecule has 2 aliphatic carbocycles. The fraction of sp³-hybridized carbons (Fsp3) is 0.500. The molecule has 1 aromatic heterocycles. The smallest absolute Gasteiger partial charge is 0.284 e. The maximum atomic E-state index is 11.6. The van der Waals surface area contributed by atoms with Crippen LogP contribution in [0.3, 0.4) is 0 Å². The number of hydrogen-bond donors (Lipinski definition) is 4. The van der Waals surface area contributed by atoms with E-state index in [1.807, 2.05) is 6.07 Å². The van der Waals surface area contributed by atoms with Gasteiger partial charge in [-0.25, -0.2) is 5.48 Å². The largest absolute Gasteiger partial charge is 0.377 e. The van der Waals surface area contributed by atoms with Gasteiger partial charge < -0.3 is 15.4 Å². The molecule has 1 heterocycles. The summed E-state index contributed by atoms with van der Waals surface area (Å²) in [5, 5.41) is 17.0. The van der Waals surface area contributed by atoms with Crippen molar-refractivity contribution < 1.29 is 14.7 Å². The van der Waals surface area contributed by atoms with E-state index in [2.05, 4.69) is 47.9 Å². The zero-order chi connectivity index (χ0) is 23.0. The van der Waals surface area contributed by atoms with Crippen LogP contribution in [0, 0.1) is 5.92 Å². The Morgan fingerprint density at radius 2 is 2.09 bits per heavy atom. The van der Waals surface area contributed by atoms with Gasteiger partial charge in [0.25, 0.3) is 5.91 Å². The molecule has 0 bridgehead atoms. The molecule has 0 radical (unpaired) electrons. The predicted molar refractivity (Wildman–Crippen MR) is 134 cm³/mol. The van der Waals surface area contributed by atoms with Gasteiger partial charge in [0.05, 0.1) is 17.6 Å². The highest BCUT2D eigenvalue weighted by atomic mass is 32.1. The van der Waals surface area contributed by atoms with Crippen molar-refractivity contribution in [1.82, 2.24) is 16.1 Å². The summed E-state index contributed by atoms with van der Waals surface area (Å²) in [4.78, 5) is 12.1. The molecule has 178 valence electrons. The molecule has 1 unspecified atom stereocenters. The molecule has 6 nitrogen and oxygen atoms in total. The van der Waals surface area contributed by atoms with Crippen LogP contribution in [0.5, 0.6) is 0 Å². The second kappa shape index (κ2) is 11.9. The number of ether oxygens (including phenoxy) is 1. The Morgan fingerprint density at radius 3 is 2.85 bits per heavy atom. The molecule has 0 spiro atoms. The van der Waals surface area contributed by atoms with Gasteiger partial charge in [0.2, 0.25) is 0 Å². The summed E-state index contributed by atoms with van der Waals surface area (Å²) in [6.07, 6.45) is 13.5. The molecule has 33 heavy (non-hydrogen) atoms. The molecule has 1 aromatic carbocycles. The first-order valence-corrected chi connectivity index (χ1v) is 12.8. The van der Waals surface area contributed by atoms with E-state index in [4.69, 9.17) is 9.94 Å². The molecule has 4 rings (SSSR count). The summed E-state index contributed by atoms with van der Waals surface area (Å²) in [5.74, 6) is 0.0386. The van der Waals surface area contributed by atoms with Crippen molar-refractivity contribution in [2.45, 2.75) is 57.7 Å². The summed E-state index contributed by atoms with van der Waals surface area (Å²) in [7, 11) is 0. The van der Waals surface area contributed by atoms with Crippen molar-refractivity contribution in [3.05, 3.63) is 58.5 Å². The van der Waals surface area contributed by atoms with Crippen LogP contribution >= 0.6 is 11.3 Å². The Bertz CT molecular complexity index is 994. The van der Waals surface area contributed by atoms with Crippen molar-refractivity contribution in [1.29, 1.82) is 0 Å². The molecule has 2 aliphatic rings. The Kier molecular flexibility index (Phi) is 8.69. The maximum Gasteiger partial charge on any atom is 0.284 e. The second-order valence-corrected chi connectivity index (χ2v) is 10.3. The van der Waals surface area contributed by atoms with Gasteiger partial charge in [-0.1, -0.05) is 43.2 Å². The zero-order valence-electron chi connectivity index (χ0n) is 19.3. The van der Waals surface area contributed by atoms with E-state index < -0.39 is 5.91 Å². The lowest BCUT2D eigenvalue weighted by Gasteiger charge is -2.20. The number of nitrogens with one attached hydrogen (secondary N) is 3. The van der Waals surface area contributed by atoms with Crippen LogP contribution in [0.25, 0.3) is 10.1 Å². The quantitative estimate of drug-likeness (QED) is 0.287. The molecule has 0 saturated heterocycles. The lowest BCUT2D eigenvalue weighted by Crippen LogP contribution is -2.33. The highest BCUT2D eigenvalue weighted by Gasteiger charge is 2.16. The number of thiophene rings is 1. The second-order valence-electron chi connectivity index (χ2n) is 9.21. The first-order chi connectivity index (χ1) is 16.1. The number of rotatable bonds is 11. The summed E-state index contributed by atoms with van der Waals surface area (Å²) < 4.78 is 7.06. The monoisotopic (exact) mass is 469 g/mol. The molecule has 7 heteroatoms. The average molecular weight is 470 g/mol. The van der Waals surface area contributed by atoms with Gasteiger partial charge in [-0.2, -0.15) is 0 Å². The van der Waals surface area contributed by atoms with Crippen LogP contribution in [0.15, 0.2) is 48.1 Å². The summed E-state index contributed by atoms with van der Waals surface area (Å²) >= 11 is 1.39. The number of carbonyl (C=O) groups excluding carboxylic acids is 1. The normalized spacial score (nSPS) is 19.7. The summed E-state index contributed by atoms with van der Waals surface area (Å²) in [6, 6.07) is 8.39. The third-order valence-corrected chi connectivity index (χ3v) is 7.55. The summed E-state index contributed by atoms with van der Waals surface area (Å²) in [5.41, 5.74) is 4.24. The highest BCUT2D eigenvalue weighted by Crippen LogP contribution is 2.27. The Hall–Kier alpha value is -2.03. The third-order valence-electron chi connectivity index (χ3n) is 6.45. The number of fused-ring (bicyclic) bond motifs is 1. The van der Waals surface area contributed by atoms with E-state index in [-0.39, 0.29) is 0 Å². The minimum absolute atomic E-state index is 0.370. The molecule has 1 amide bonds. The van der Waals surface area contributed by atoms with Crippen LogP contribution < -0.4 is 16.1 Å². The van der Waals surface area contributed by atoms with Crippen LogP contribution in [-0.2, 0) is 11.3 Å². The number of allylic oxidation sites excluding steroid dienone is 1. The number of amides is 1. The summed E-state index contributed by atoms with van der Waals surface area (Å²) in [6.45, 7) is 5.60. The molecular weight excluding hydrogens is 434 g/mol. The highest BCUT2D eigenvalue weighted by molar-refractivity contribution is 7.20. The average Bonchev–Trinajstić information content (AvgIpc) is 3.51. The number of hydroxylamine groups is 1. The van der Waals surface area contributed by atoms with Gasteiger partial charge in [-0.3, -0.25) is 10.0 Å². The van der Waals surface area contributed by atoms with E-state index in [0.717, 1.165) is 42.7 Å². The van der Waals surface area contributed by atoms with Crippen LogP contribution in [0.2, 0.25) is 0 Å². The zero-order valence-corrected chi connectivity index (χ0v) is 20.1. The van der Waals surface area contributed by atoms with Crippen molar-refractivity contribution >= 4 is 27.3 Å². The van der Waals surface area contributed by atoms with E-state index in [9.17, 15) is 4.79 Å². The fourth-order valence-corrected chi connectivity index (χ4v) is 5.45. The topological polar surface area (TPSA) is 82.6 Å². The first-order valence-electron chi connectivity index (χ1n) is 12.0. The van der Waals surface area contributed by atoms with Crippen LogP contribution in [-0.4, -0.2) is 43.0 Å². The van der Waals surface area contributed by atoms with Gasteiger partial charge in [0.1, 0.15) is 0 Å². The fourth-order valence-electron chi connectivity index (χ4n) is 4.43. The van der Waals surface area contributed by atoms with Gasteiger partial charge in [-0.15, -0.1) is 11.3 Å². The minimum atomic E-state index is -0.463. The Balaban J connectivity index is 1.15. The number of benzene rings is 1. The SMILES string of the molecule is C[C@@H](COC1CCCC1)NCC1=CCC(CNCc2ccc3cc(C(=O)NO)sc3c2)C=C1. The van der Waals surface area contributed by atoms with Crippen molar-refractivity contribution in [3.8, 4) is 0 Å². The third kappa shape index (κ3) is 6.98. The lowest BCUT2D eigenvalue weighted by atomic mass is 9.96. The molecule has 2 aromatic rings. The molecule has 2 atom stereocenters. The van der Waals surface area contributed by atoms with Crippen molar-refractivity contribution in [2.24, 2.45) is 5.92 Å². The van der Waals surface area contributed by atoms with E-state index in [0.29, 0.717) is 22.9 Å².